The molecule has 0 bridgehead atoms. The first-order valence-electron chi connectivity index (χ1n) is 6.85. The van der Waals surface area contributed by atoms with Gasteiger partial charge in [-0.1, -0.05) is 12.1 Å². The summed E-state index contributed by atoms with van der Waals surface area (Å²) in [4.78, 5) is 12.1. The van der Waals surface area contributed by atoms with Gasteiger partial charge in [0.15, 0.2) is 0 Å². The average molecular weight is 295 g/mol. The van der Waals surface area contributed by atoms with Gasteiger partial charge in [-0.2, -0.15) is 5.10 Å². The van der Waals surface area contributed by atoms with Crippen LogP contribution in [-0.4, -0.2) is 15.7 Å². The third kappa shape index (κ3) is 3.20. The molecule has 0 fully saturated rings. The van der Waals surface area contributed by atoms with E-state index < -0.39 is 0 Å². The fraction of sp³-hybridized carbons (Fsp3) is 0.0588. The van der Waals surface area contributed by atoms with Crippen molar-refractivity contribution in [2.75, 3.05) is 0 Å². The number of benzene rings is 2. The molecule has 0 radical (unpaired) electrons. The Kier molecular flexibility index (Phi) is 3.96. The first-order chi connectivity index (χ1) is 10.7. The molecule has 5 heteroatoms. The summed E-state index contributed by atoms with van der Waals surface area (Å²) in [5, 5.41) is 6.93. The van der Waals surface area contributed by atoms with Gasteiger partial charge in [-0.15, -0.1) is 0 Å². The monoisotopic (exact) mass is 295 g/mol. The van der Waals surface area contributed by atoms with Crippen LogP contribution in [0.3, 0.4) is 0 Å². The maximum absolute atomic E-state index is 12.8. The average Bonchev–Trinajstić information content (AvgIpc) is 3.09. The maximum atomic E-state index is 12.8. The molecule has 0 unspecified atom stereocenters. The molecule has 0 atom stereocenters. The number of nitrogens with one attached hydrogen (secondary N) is 1. The van der Waals surface area contributed by atoms with Gasteiger partial charge < -0.3 is 5.32 Å². The van der Waals surface area contributed by atoms with Gasteiger partial charge in [-0.3, -0.25) is 4.79 Å². The first kappa shape index (κ1) is 14.0. The van der Waals surface area contributed by atoms with E-state index in [0.29, 0.717) is 12.1 Å². The molecule has 1 heterocycles. The van der Waals surface area contributed by atoms with Crippen molar-refractivity contribution in [2.45, 2.75) is 6.54 Å². The number of aromatic nitrogens is 2. The predicted octanol–water partition coefficient (Wildman–Crippen LogP) is 2.94. The summed E-state index contributed by atoms with van der Waals surface area (Å²) in [5.74, 6) is -0.458. The zero-order chi connectivity index (χ0) is 15.4. The third-order valence-corrected chi connectivity index (χ3v) is 3.26. The van der Waals surface area contributed by atoms with Gasteiger partial charge in [0.2, 0.25) is 0 Å². The number of rotatable bonds is 4. The van der Waals surface area contributed by atoms with Gasteiger partial charge in [0, 0.05) is 24.5 Å². The topological polar surface area (TPSA) is 46.9 Å². The smallest absolute Gasteiger partial charge is 0.251 e. The second-order valence-electron chi connectivity index (χ2n) is 4.81. The van der Waals surface area contributed by atoms with Crippen molar-refractivity contribution in [3.63, 3.8) is 0 Å². The van der Waals surface area contributed by atoms with E-state index in [1.54, 1.807) is 35.1 Å². The minimum atomic E-state index is -0.288. The summed E-state index contributed by atoms with van der Waals surface area (Å²) in [6.07, 6.45) is 3.53. The fourth-order valence-electron chi connectivity index (χ4n) is 2.07. The SMILES string of the molecule is O=C(NCc1ccc(F)cc1)c1ccc(-n2cccn2)cc1. The Morgan fingerprint density at radius 1 is 1.09 bits per heavy atom. The number of halogens is 1. The lowest BCUT2D eigenvalue weighted by Gasteiger charge is -2.07. The van der Waals surface area contributed by atoms with E-state index in [1.165, 1.54) is 12.1 Å². The van der Waals surface area contributed by atoms with Crippen LogP contribution in [0.4, 0.5) is 4.39 Å². The number of amides is 1. The zero-order valence-electron chi connectivity index (χ0n) is 11.7. The van der Waals surface area contributed by atoms with Gasteiger partial charge in [0.1, 0.15) is 5.82 Å². The molecule has 1 amide bonds. The van der Waals surface area contributed by atoms with E-state index in [9.17, 15) is 9.18 Å². The van der Waals surface area contributed by atoms with E-state index in [-0.39, 0.29) is 11.7 Å². The third-order valence-electron chi connectivity index (χ3n) is 3.26. The Balaban J connectivity index is 1.63. The van der Waals surface area contributed by atoms with Crippen molar-refractivity contribution in [1.82, 2.24) is 15.1 Å². The Hall–Kier alpha value is -2.95. The lowest BCUT2D eigenvalue weighted by Crippen LogP contribution is -2.22. The van der Waals surface area contributed by atoms with Crippen LogP contribution in [0.5, 0.6) is 0 Å². The minimum Gasteiger partial charge on any atom is -0.348 e. The van der Waals surface area contributed by atoms with Gasteiger partial charge in [-0.05, 0) is 48.0 Å². The van der Waals surface area contributed by atoms with Crippen LogP contribution in [0.25, 0.3) is 5.69 Å². The minimum absolute atomic E-state index is 0.170. The van der Waals surface area contributed by atoms with Gasteiger partial charge in [0.05, 0.1) is 5.69 Å². The number of nitrogens with zero attached hydrogens (tertiary/aromatic N) is 2. The summed E-state index contributed by atoms with van der Waals surface area (Å²) in [6, 6.07) is 15.0. The highest BCUT2D eigenvalue weighted by molar-refractivity contribution is 5.94. The fourth-order valence-corrected chi connectivity index (χ4v) is 2.07. The summed E-state index contributed by atoms with van der Waals surface area (Å²) in [5.41, 5.74) is 2.31. The van der Waals surface area contributed by atoms with Crippen LogP contribution in [0, 0.1) is 5.82 Å². The molecular formula is C17H14FN3O. The molecule has 0 aliphatic carbocycles. The highest BCUT2D eigenvalue weighted by Crippen LogP contribution is 2.09. The summed E-state index contributed by atoms with van der Waals surface area (Å²) < 4.78 is 14.5. The van der Waals surface area contributed by atoms with Crippen LogP contribution in [0.1, 0.15) is 15.9 Å². The van der Waals surface area contributed by atoms with E-state index in [2.05, 4.69) is 10.4 Å². The Morgan fingerprint density at radius 3 is 2.45 bits per heavy atom. The number of hydrogen-bond acceptors (Lipinski definition) is 2. The van der Waals surface area contributed by atoms with E-state index in [4.69, 9.17) is 0 Å². The van der Waals surface area contributed by atoms with Crippen molar-refractivity contribution < 1.29 is 9.18 Å². The molecule has 1 N–H and O–H groups in total. The Labute approximate surface area is 127 Å². The van der Waals surface area contributed by atoms with Crippen molar-refractivity contribution in [2.24, 2.45) is 0 Å². The van der Waals surface area contributed by atoms with Gasteiger partial charge >= 0.3 is 0 Å². The molecule has 0 spiro atoms. The molecule has 0 aliphatic heterocycles. The summed E-state index contributed by atoms with van der Waals surface area (Å²) in [6.45, 7) is 0.361. The van der Waals surface area contributed by atoms with Gasteiger partial charge in [-0.25, -0.2) is 9.07 Å². The Morgan fingerprint density at radius 2 is 1.82 bits per heavy atom. The molecule has 4 nitrogen and oxygen atoms in total. The standard InChI is InChI=1S/C17H14FN3O/c18-15-6-2-13(3-7-15)12-19-17(22)14-4-8-16(9-5-14)21-11-1-10-20-21/h1-11H,12H2,(H,19,22). The lowest BCUT2D eigenvalue weighted by atomic mass is 10.1. The molecule has 0 saturated carbocycles. The highest BCUT2D eigenvalue weighted by atomic mass is 19.1. The number of carbonyl (C=O) groups is 1. The molecule has 1 aromatic heterocycles. The number of carbonyl (C=O) groups excluding carboxylic acids is 1. The molecule has 0 saturated heterocycles. The molecule has 0 aliphatic rings. The highest BCUT2D eigenvalue weighted by Gasteiger charge is 2.06. The molecule has 2 aromatic carbocycles. The van der Waals surface area contributed by atoms with Crippen LogP contribution in [0.15, 0.2) is 67.0 Å². The van der Waals surface area contributed by atoms with Crippen molar-refractivity contribution in [3.05, 3.63) is 83.9 Å². The van der Waals surface area contributed by atoms with Crippen LogP contribution in [0.2, 0.25) is 0 Å². The van der Waals surface area contributed by atoms with Crippen molar-refractivity contribution >= 4 is 5.91 Å². The molecular weight excluding hydrogens is 281 g/mol. The van der Waals surface area contributed by atoms with E-state index in [0.717, 1.165) is 11.3 Å². The lowest BCUT2D eigenvalue weighted by molar-refractivity contribution is 0.0951. The molecule has 3 aromatic rings. The number of hydrogen-bond donors (Lipinski definition) is 1. The van der Waals surface area contributed by atoms with Crippen LogP contribution >= 0.6 is 0 Å². The maximum Gasteiger partial charge on any atom is 0.251 e. The predicted molar refractivity (Wildman–Crippen MR) is 81.1 cm³/mol. The van der Waals surface area contributed by atoms with Crippen molar-refractivity contribution in [3.8, 4) is 5.69 Å². The van der Waals surface area contributed by atoms with Crippen molar-refractivity contribution in [1.29, 1.82) is 0 Å². The second kappa shape index (κ2) is 6.22. The largest absolute Gasteiger partial charge is 0.348 e. The normalized spacial score (nSPS) is 10.4. The quantitative estimate of drug-likeness (QED) is 0.804. The van der Waals surface area contributed by atoms with Crippen LogP contribution < -0.4 is 5.32 Å². The van der Waals surface area contributed by atoms with Gasteiger partial charge in [0.25, 0.3) is 5.91 Å². The summed E-state index contributed by atoms with van der Waals surface area (Å²) in [7, 11) is 0. The summed E-state index contributed by atoms with van der Waals surface area (Å²) >= 11 is 0. The molecule has 22 heavy (non-hydrogen) atoms. The van der Waals surface area contributed by atoms with E-state index >= 15 is 0 Å². The zero-order valence-corrected chi connectivity index (χ0v) is 11.7. The molecule has 3 rings (SSSR count). The Bertz CT molecular complexity index is 750. The first-order valence-corrected chi connectivity index (χ1v) is 6.85. The van der Waals surface area contributed by atoms with E-state index in [1.807, 2.05) is 24.4 Å². The van der Waals surface area contributed by atoms with Crippen LogP contribution in [-0.2, 0) is 6.54 Å². The molecule has 110 valence electrons. The second-order valence-corrected chi connectivity index (χ2v) is 4.81.